The van der Waals surface area contributed by atoms with E-state index in [0.717, 1.165) is 50.0 Å². The summed E-state index contributed by atoms with van der Waals surface area (Å²) in [5.41, 5.74) is 17.5. The molecule has 0 fully saturated rings. The van der Waals surface area contributed by atoms with Gasteiger partial charge in [-0.15, -0.1) is 0 Å². The number of nitrogens with one attached hydrogen (secondary N) is 3. The largest absolute Gasteiger partial charge is 0.364 e. The van der Waals surface area contributed by atoms with Crippen LogP contribution in [-0.2, 0) is 33.9 Å². The van der Waals surface area contributed by atoms with E-state index < -0.39 is 18.0 Å². The molecule has 6 rings (SSSR count). The number of hydrogen-bond acceptors (Lipinski definition) is 10. The summed E-state index contributed by atoms with van der Waals surface area (Å²) in [6.45, 7) is 3.24. The molecule has 14 heteroatoms. The molecule has 1 aliphatic rings. The number of nitrogens with two attached hydrogens (primary N) is 2. The van der Waals surface area contributed by atoms with Gasteiger partial charge >= 0.3 is 0 Å². The molecular weight excluding hydrogens is 736 g/mol. The minimum absolute atomic E-state index is 0.0260. The zero-order valence-electron chi connectivity index (χ0n) is 31.3. The number of aromatic amines is 1. The molecule has 0 bridgehead atoms. The van der Waals surface area contributed by atoms with E-state index in [2.05, 4.69) is 20.8 Å². The Morgan fingerprint density at radius 3 is 2.60 bits per heavy atom. The second-order valence-corrected chi connectivity index (χ2v) is 15.5. The fourth-order valence-electron chi connectivity index (χ4n) is 7.19. The van der Waals surface area contributed by atoms with E-state index in [1.165, 1.54) is 16.7 Å². The highest BCUT2D eigenvalue weighted by Crippen LogP contribution is 2.40. The van der Waals surface area contributed by atoms with Crippen molar-refractivity contribution in [3.8, 4) is 11.1 Å². The molecule has 0 spiro atoms. The average Bonchev–Trinajstić information content (AvgIpc) is 3.81. The molecule has 5 aromatic rings. The number of aromatic nitrogens is 3. The molecule has 55 heavy (non-hydrogen) atoms. The first kappa shape index (κ1) is 40.1. The van der Waals surface area contributed by atoms with Crippen molar-refractivity contribution < 1.29 is 18.9 Å². The first-order valence-corrected chi connectivity index (χ1v) is 20.0. The molecule has 2 amide bonds. The van der Waals surface area contributed by atoms with Crippen LogP contribution in [0.5, 0.6) is 0 Å². The number of pyridine rings is 1. The Balaban J connectivity index is 1.44. The first-order valence-electron chi connectivity index (χ1n) is 18.8. The Labute approximate surface area is 330 Å². The van der Waals surface area contributed by atoms with Crippen LogP contribution in [0.4, 0.5) is 0 Å². The molecule has 0 aliphatic carbocycles. The molecule has 0 radical (unpaired) electrons. The van der Waals surface area contributed by atoms with Gasteiger partial charge < -0.3 is 36.5 Å². The third kappa shape index (κ3) is 9.65. The zero-order chi connectivity index (χ0) is 38.9. The molecule has 0 unspecified atom stereocenters. The number of likely N-dealkylation sites (N-methyl/N-ethyl adjacent to an activating group) is 1. The Morgan fingerprint density at radius 2 is 1.82 bits per heavy atom. The SMILES string of the molecule is Cc1nocc1-c1cc(Cl)c2c(c1)CNC(=O)[C@H](Cc1c[nH]c3ccccc13)N(C)C(=O)[C@H](CCCCN)CC(=O)[C@H](CCCN)NCc1cccnc1S2. The lowest BCUT2D eigenvalue weighted by Gasteiger charge is -2.31. The normalized spacial score (nSPS) is 18.9. The summed E-state index contributed by atoms with van der Waals surface area (Å²) >= 11 is 8.48. The number of fused-ring (bicyclic) bond motifs is 3. The van der Waals surface area contributed by atoms with Gasteiger partial charge in [0.25, 0.3) is 0 Å². The Morgan fingerprint density at radius 1 is 1.00 bits per heavy atom. The smallest absolute Gasteiger partial charge is 0.243 e. The van der Waals surface area contributed by atoms with E-state index in [1.807, 2.05) is 61.7 Å². The van der Waals surface area contributed by atoms with Gasteiger partial charge in [0.2, 0.25) is 11.8 Å². The number of hydrogen-bond donors (Lipinski definition) is 5. The molecule has 290 valence electrons. The lowest BCUT2D eigenvalue weighted by atomic mass is 9.90. The molecule has 0 saturated heterocycles. The van der Waals surface area contributed by atoms with Crippen LogP contribution in [0.1, 0.15) is 60.9 Å². The topological polar surface area (TPSA) is 185 Å². The van der Waals surface area contributed by atoms with Gasteiger partial charge in [-0.2, -0.15) is 0 Å². The van der Waals surface area contributed by atoms with Crippen molar-refractivity contribution >= 4 is 51.9 Å². The fourth-order valence-corrected chi connectivity index (χ4v) is 8.54. The summed E-state index contributed by atoms with van der Waals surface area (Å²) in [6, 6.07) is 14.1. The summed E-state index contributed by atoms with van der Waals surface area (Å²) < 4.78 is 5.25. The van der Waals surface area contributed by atoms with E-state index in [1.54, 1.807) is 19.5 Å². The summed E-state index contributed by atoms with van der Waals surface area (Å²) in [4.78, 5) is 53.6. The maximum atomic E-state index is 14.6. The number of rotatable bonds is 10. The van der Waals surface area contributed by atoms with Crippen LogP contribution in [0, 0.1) is 12.8 Å². The van der Waals surface area contributed by atoms with Crippen LogP contribution in [0.25, 0.3) is 22.0 Å². The van der Waals surface area contributed by atoms with E-state index >= 15 is 0 Å². The van der Waals surface area contributed by atoms with Crippen molar-refractivity contribution in [3.63, 3.8) is 0 Å². The molecule has 12 nitrogen and oxygen atoms in total. The molecule has 3 atom stereocenters. The minimum atomic E-state index is -0.891. The number of halogens is 1. The zero-order valence-corrected chi connectivity index (χ0v) is 32.8. The van der Waals surface area contributed by atoms with Gasteiger partial charge in [0.1, 0.15) is 17.3 Å². The van der Waals surface area contributed by atoms with Crippen molar-refractivity contribution in [1.82, 2.24) is 30.7 Å². The number of para-hydroxylation sites is 1. The minimum Gasteiger partial charge on any atom is -0.364 e. The first-order chi connectivity index (χ1) is 26.7. The summed E-state index contributed by atoms with van der Waals surface area (Å²) in [5.74, 6) is -1.31. The fraction of sp³-hybridized carbons (Fsp3) is 0.390. The van der Waals surface area contributed by atoms with Crippen molar-refractivity contribution in [1.29, 1.82) is 0 Å². The van der Waals surface area contributed by atoms with Crippen LogP contribution >= 0.6 is 23.4 Å². The second-order valence-electron chi connectivity index (χ2n) is 14.1. The van der Waals surface area contributed by atoms with Crippen molar-refractivity contribution in [3.05, 3.63) is 94.6 Å². The Bertz CT molecular complexity index is 2120. The van der Waals surface area contributed by atoms with Crippen LogP contribution in [-0.4, -0.2) is 69.8 Å². The second kappa shape index (κ2) is 18.9. The number of ketones is 1. The summed E-state index contributed by atoms with van der Waals surface area (Å²) in [6.07, 6.45) is 8.47. The number of Topliss-reactive ketones (excluding diaryl/α,β-unsaturated/α-hetero) is 1. The number of nitrogens with zero attached hydrogens (tertiary/aromatic N) is 3. The van der Waals surface area contributed by atoms with Gasteiger partial charge in [0, 0.05) is 72.7 Å². The van der Waals surface area contributed by atoms with E-state index in [-0.39, 0.29) is 37.0 Å². The number of carbonyl (C=O) groups excluding carboxylic acids is 3. The van der Waals surface area contributed by atoms with E-state index in [9.17, 15) is 14.4 Å². The lowest BCUT2D eigenvalue weighted by Crippen LogP contribution is -2.51. The van der Waals surface area contributed by atoms with Crippen molar-refractivity contribution in [2.75, 3.05) is 20.1 Å². The molecule has 0 saturated carbocycles. The Kier molecular flexibility index (Phi) is 13.8. The quantitative estimate of drug-likeness (QED) is 0.106. The van der Waals surface area contributed by atoms with Gasteiger partial charge in [-0.3, -0.25) is 14.4 Å². The predicted octanol–water partition coefficient (Wildman–Crippen LogP) is 5.93. The van der Waals surface area contributed by atoms with Crippen LogP contribution in [0.15, 0.2) is 81.6 Å². The van der Waals surface area contributed by atoms with Crippen LogP contribution < -0.4 is 22.1 Å². The number of carbonyl (C=O) groups is 3. The average molecular weight is 785 g/mol. The standard InChI is InChI=1S/C41H49ClN8O4S/c1-25-32(24-54-49-25)28-17-30-23-48-39(52)36(19-29-22-46-34-12-4-3-11-31(29)34)50(2)41(53)26(9-5-6-14-43)20-37(51)35(13-7-15-44)47-21-27-10-8-16-45-40(27)55-38(30)33(42)18-28/h3-4,8,10-12,16-18,22,24,26,35-36,46-47H,5-7,9,13-15,19-21,23,43-44H2,1-2H3,(H,48,52)/t26-,35+,36+/m1/s1. The molecular formula is C41H49ClN8O4S. The third-order valence-electron chi connectivity index (χ3n) is 10.3. The predicted molar refractivity (Wildman–Crippen MR) is 215 cm³/mol. The maximum Gasteiger partial charge on any atom is 0.243 e. The van der Waals surface area contributed by atoms with E-state index in [4.69, 9.17) is 32.6 Å². The number of H-pyrrole nitrogens is 1. The van der Waals surface area contributed by atoms with Crippen LogP contribution in [0.3, 0.4) is 0 Å². The van der Waals surface area contributed by atoms with Crippen molar-refractivity contribution in [2.45, 2.75) is 87.0 Å². The molecule has 3 aromatic heterocycles. The highest BCUT2D eigenvalue weighted by Gasteiger charge is 2.34. The number of benzene rings is 2. The van der Waals surface area contributed by atoms with Crippen molar-refractivity contribution in [2.24, 2.45) is 17.4 Å². The number of aryl methyl sites for hydroxylation is 1. The van der Waals surface area contributed by atoms with E-state index in [0.29, 0.717) is 61.1 Å². The van der Waals surface area contributed by atoms with Gasteiger partial charge in [-0.05, 0) is 92.2 Å². The maximum absolute atomic E-state index is 14.6. The van der Waals surface area contributed by atoms with Gasteiger partial charge in [0.15, 0.2) is 5.78 Å². The Hall–Kier alpha value is -4.53. The van der Waals surface area contributed by atoms with Crippen LogP contribution in [0.2, 0.25) is 5.02 Å². The highest BCUT2D eigenvalue weighted by molar-refractivity contribution is 7.99. The lowest BCUT2D eigenvalue weighted by molar-refractivity contribution is -0.143. The third-order valence-corrected chi connectivity index (χ3v) is 12.0. The van der Waals surface area contributed by atoms with Gasteiger partial charge in [-0.1, -0.05) is 59.2 Å². The molecule has 4 heterocycles. The molecule has 1 aliphatic heterocycles. The highest BCUT2D eigenvalue weighted by atomic mass is 35.5. The van der Waals surface area contributed by atoms with Gasteiger partial charge in [0.05, 0.1) is 16.8 Å². The van der Waals surface area contributed by atoms with Gasteiger partial charge in [-0.25, -0.2) is 4.98 Å². The molecule has 2 aromatic carbocycles. The monoisotopic (exact) mass is 784 g/mol. The summed E-state index contributed by atoms with van der Waals surface area (Å²) in [7, 11) is 1.66. The molecule has 7 N–H and O–H groups in total. The number of amides is 2. The summed E-state index contributed by atoms with van der Waals surface area (Å²) in [5, 5.41) is 12.8. The number of unbranched alkanes of at least 4 members (excludes halogenated alkanes) is 1.